The maximum absolute atomic E-state index is 12.8. The van der Waals surface area contributed by atoms with Crippen LogP contribution in [-0.2, 0) is 5.54 Å². The minimum absolute atomic E-state index is 0.237. The lowest BCUT2D eigenvalue weighted by atomic mass is 10.2. The van der Waals surface area contributed by atoms with Crippen molar-refractivity contribution in [1.29, 1.82) is 0 Å². The molecule has 1 nitrogen and oxygen atoms in total. The third-order valence-electron chi connectivity index (χ3n) is 2.05. The Morgan fingerprint density at radius 2 is 2.17 bits per heavy atom. The molecule has 0 saturated heterocycles. The Morgan fingerprint density at radius 3 is 2.50 bits per heavy atom. The zero-order chi connectivity index (χ0) is 8.98. The quantitative estimate of drug-likeness (QED) is 0.819. The normalized spacial score (nSPS) is 32.0. The summed E-state index contributed by atoms with van der Waals surface area (Å²) in [5.74, 6) is -2.72. The molecule has 1 aliphatic carbocycles. The van der Waals surface area contributed by atoms with Crippen LogP contribution in [0.1, 0.15) is 11.3 Å². The second-order valence-electron chi connectivity index (χ2n) is 2.95. The van der Waals surface area contributed by atoms with Gasteiger partial charge in [0.1, 0.15) is 5.54 Å². The number of hydrogen-bond acceptors (Lipinski definition) is 2. The molecular weight excluding hydrogens is 248 g/mol. The highest BCUT2D eigenvalue weighted by Gasteiger charge is 2.71. The van der Waals surface area contributed by atoms with Gasteiger partial charge in [0.2, 0.25) is 0 Å². The molecule has 1 atom stereocenters. The Bertz CT molecular complexity index is 325. The summed E-state index contributed by atoms with van der Waals surface area (Å²) in [6.07, 6.45) is -0.237. The second kappa shape index (κ2) is 2.27. The molecule has 0 spiro atoms. The molecule has 1 saturated carbocycles. The monoisotopic (exact) mass is 253 g/mol. The fourth-order valence-electron chi connectivity index (χ4n) is 1.16. The van der Waals surface area contributed by atoms with Crippen molar-refractivity contribution in [1.82, 2.24) is 0 Å². The molecule has 66 valence electrons. The van der Waals surface area contributed by atoms with Gasteiger partial charge in [-0.05, 0) is 27.4 Å². The van der Waals surface area contributed by atoms with Crippen LogP contribution in [0.5, 0.6) is 0 Å². The van der Waals surface area contributed by atoms with Gasteiger partial charge in [-0.25, -0.2) is 8.78 Å². The number of hydrogen-bond donors (Lipinski definition) is 1. The van der Waals surface area contributed by atoms with Gasteiger partial charge in [-0.1, -0.05) is 0 Å². The van der Waals surface area contributed by atoms with Gasteiger partial charge in [-0.2, -0.15) is 0 Å². The van der Waals surface area contributed by atoms with E-state index in [2.05, 4.69) is 15.9 Å². The van der Waals surface area contributed by atoms with E-state index in [0.29, 0.717) is 9.35 Å². The SMILES string of the molecule is NC1(c2sccc2Br)CC1(F)F. The summed E-state index contributed by atoms with van der Waals surface area (Å²) in [5.41, 5.74) is 4.12. The highest BCUT2D eigenvalue weighted by atomic mass is 79.9. The molecule has 0 bridgehead atoms. The van der Waals surface area contributed by atoms with E-state index < -0.39 is 11.5 Å². The average Bonchev–Trinajstić information content (AvgIpc) is 2.36. The third-order valence-corrected chi connectivity index (χ3v) is 4.07. The Morgan fingerprint density at radius 1 is 1.58 bits per heavy atom. The van der Waals surface area contributed by atoms with Crippen LogP contribution in [-0.4, -0.2) is 5.92 Å². The van der Waals surface area contributed by atoms with Crippen LogP contribution in [0.4, 0.5) is 8.78 Å². The number of alkyl halides is 2. The first-order valence-electron chi connectivity index (χ1n) is 3.37. The van der Waals surface area contributed by atoms with Gasteiger partial charge in [0.05, 0.1) is 0 Å². The van der Waals surface area contributed by atoms with Crippen LogP contribution in [0.15, 0.2) is 15.9 Å². The van der Waals surface area contributed by atoms with Gasteiger partial charge >= 0.3 is 0 Å². The largest absolute Gasteiger partial charge is 0.316 e. The minimum atomic E-state index is -2.72. The molecule has 2 N–H and O–H groups in total. The van der Waals surface area contributed by atoms with Crippen LogP contribution in [0.2, 0.25) is 0 Å². The van der Waals surface area contributed by atoms with Crippen LogP contribution >= 0.6 is 27.3 Å². The maximum Gasteiger partial charge on any atom is 0.273 e. The van der Waals surface area contributed by atoms with Gasteiger partial charge in [-0.3, -0.25) is 0 Å². The summed E-state index contributed by atoms with van der Waals surface area (Å²) in [6, 6.07) is 1.74. The van der Waals surface area contributed by atoms with E-state index in [4.69, 9.17) is 5.73 Å². The van der Waals surface area contributed by atoms with E-state index in [9.17, 15) is 8.78 Å². The standard InChI is InChI=1S/C7H6BrF2NS/c8-4-1-2-12-5(4)6(11)3-7(6,9)10/h1-2H,3,11H2. The predicted octanol–water partition coefficient (Wildman–Crippen LogP) is 2.70. The molecule has 5 heteroatoms. The number of rotatable bonds is 1. The molecule has 1 unspecified atom stereocenters. The van der Waals surface area contributed by atoms with Gasteiger partial charge in [0.15, 0.2) is 0 Å². The first kappa shape index (κ1) is 8.59. The Kier molecular flexibility index (Phi) is 1.63. The first-order chi connectivity index (χ1) is 5.47. The molecule has 1 aromatic rings. The van der Waals surface area contributed by atoms with Crippen molar-refractivity contribution in [2.24, 2.45) is 5.73 Å². The average molecular weight is 254 g/mol. The van der Waals surface area contributed by atoms with E-state index in [1.54, 1.807) is 11.4 Å². The van der Waals surface area contributed by atoms with E-state index >= 15 is 0 Å². The summed E-state index contributed by atoms with van der Waals surface area (Å²) in [6.45, 7) is 0. The van der Waals surface area contributed by atoms with Crippen molar-refractivity contribution in [3.8, 4) is 0 Å². The predicted molar refractivity (Wildman–Crippen MR) is 47.4 cm³/mol. The molecule has 1 fully saturated rings. The zero-order valence-corrected chi connectivity index (χ0v) is 8.38. The van der Waals surface area contributed by atoms with Crippen molar-refractivity contribution >= 4 is 27.3 Å². The lowest BCUT2D eigenvalue weighted by Gasteiger charge is -2.07. The zero-order valence-electron chi connectivity index (χ0n) is 5.98. The van der Waals surface area contributed by atoms with Crippen molar-refractivity contribution in [3.05, 3.63) is 20.8 Å². The van der Waals surface area contributed by atoms with Crippen LogP contribution in [0.3, 0.4) is 0 Å². The van der Waals surface area contributed by atoms with E-state index in [-0.39, 0.29) is 6.42 Å². The lowest BCUT2D eigenvalue weighted by molar-refractivity contribution is 0.0898. The summed E-state index contributed by atoms with van der Waals surface area (Å²) in [4.78, 5) is 0.549. The molecule has 0 amide bonds. The second-order valence-corrected chi connectivity index (χ2v) is 4.72. The van der Waals surface area contributed by atoms with Gasteiger partial charge in [0.25, 0.3) is 5.92 Å². The molecular formula is C7H6BrF2NS. The number of thiophene rings is 1. The highest BCUT2D eigenvalue weighted by Crippen LogP contribution is 2.60. The summed E-state index contributed by atoms with van der Waals surface area (Å²) >= 11 is 4.46. The van der Waals surface area contributed by atoms with Gasteiger partial charge < -0.3 is 5.73 Å². The summed E-state index contributed by atoms with van der Waals surface area (Å²) < 4.78 is 26.3. The van der Waals surface area contributed by atoms with Crippen molar-refractivity contribution in [2.75, 3.05) is 0 Å². The van der Waals surface area contributed by atoms with Crippen LogP contribution in [0, 0.1) is 0 Å². The van der Waals surface area contributed by atoms with Crippen molar-refractivity contribution in [3.63, 3.8) is 0 Å². The minimum Gasteiger partial charge on any atom is -0.316 e. The van der Waals surface area contributed by atoms with Crippen molar-refractivity contribution < 1.29 is 8.78 Å². The third kappa shape index (κ3) is 0.963. The lowest BCUT2D eigenvalue weighted by Crippen LogP contribution is -2.26. The number of nitrogens with two attached hydrogens (primary N) is 1. The van der Waals surface area contributed by atoms with Gasteiger partial charge in [-0.15, -0.1) is 11.3 Å². The highest BCUT2D eigenvalue weighted by molar-refractivity contribution is 9.10. The maximum atomic E-state index is 12.8. The Hall–Kier alpha value is -0.0000000000000000555. The molecule has 0 aromatic carbocycles. The summed E-state index contributed by atoms with van der Waals surface area (Å²) in [7, 11) is 0. The first-order valence-corrected chi connectivity index (χ1v) is 5.05. The van der Waals surface area contributed by atoms with E-state index in [1.807, 2.05) is 0 Å². The molecule has 1 aromatic heterocycles. The molecule has 0 radical (unpaired) electrons. The molecule has 2 rings (SSSR count). The molecule has 1 heterocycles. The van der Waals surface area contributed by atoms with Crippen LogP contribution < -0.4 is 5.73 Å². The fourth-order valence-corrected chi connectivity index (χ4v) is 3.06. The van der Waals surface area contributed by atoms with E-state index in [1.165, 1.54) is 11.3 Å². The molecule has 0 aliphatic heterocycles. The Labute approximate surface area is 80.7 Å². The van der Waals surface area contributed by atoms with Gasteiger partial charge in [0, 0.05) is 15.8 Å². The van der Waals surface area contributed by atoms with Crippen molar-refractivity contribution in [2.45, 2.75) is 17.9 Å². The topological polar surface area (TPSA) is 26.0 Å². The van der Waals surface area contributed by atoms with Crippen LogP contribution in [0.25, 0.3) is 0 Å². The summed E-state index contributed by atoms with van der Waals surface area (Å²) in [5, 5.41) is 1.75. The Balaban J connectivity index is 2.40. The smallest absolute Gasteiger partial charge is 0.273 e. The number of halogens is 3. The van der Waals surface area contributed by atoms with E-state index in [0.717, 1.165) is 0 Å². The molecule has 12 heavy (non-hydrogen) atoms. The fraction of sp³-hybridized carbons (Fsp3) is 0.429. The molecule has 1 aliphatic rings.